The van der Waals surface area contributed by atoms with Gasteiger partial charge in [-0.05, 0) is 49.3 Å². The van der Waals surface area contributed by atoms with Crippen LogP contribution in [0.25, 0.3) is 0 Å². The first-order chi connectivity index (χ1) is 11.1. The molecule has 0 aromatic heterocycles. The van der Waals surface area contributed by atoms with E-state index in [1.54, 1.807) is 12.1 Å². The van der Waals surface area contributed by atoms with Crippen LogP contribution in [-0.2, 0) is 9.59 Å². The molecular formula is C18H22FNO3. The van der Waals surface area contributed by atoms with E-state index in [-0.39, 0.29) is 17.8 Å². The van der Waals surface area contributed by atoms with E-state index >= 15 is 0 Å². The topological polar surface area (TPSA) is 66.4 Å². The second kappa shape index (κ2) is 6.69. The van der Waals surface area contributed by atoms with Crippen molar-refractivity contribution in [2.24, 2.45) is 17.8 Å². The van der Waals surface area contributed by atoms with Crippen LogP contribution in [0.1, 0.15) is 50.1 Å². The molecule has 2 N–H and O–H groups in total. The van der Waals surface area contributed by atoms with E-state index in [0.717, 1.165) is 31.2 Å². The van der Waals surface area contributed by atoms with Gasteiger partial charge in [0.2, 0.25) is 5.91 Å². The molecule has 3 rings (SSSR count). The number of halogens is 1. The largest absolute Gasteiger partial charge is 0.481 e. The molecule has 0 spiro atoms. The summed E-state index contributed by atoms with van der Waals surface area (Å²) in [7, 11) is 0. The second-order valence-electron chi connectivity index (χ2n) is 6.71. The third-order valence-electron chi connectivity index (χ3n) is 5.33. The maximum atomic E-state index is 13.2. The van der Waals surface area contributed by atoms with Crippen molar-refractivity contribution in [1.29, 1.82) is 0 Å². The summed E-state index contributed by atoms with van der Waals surface area (Å²) in [4.78, 5) is 23.6. The van der Waals surface area contributed by atoms with Crippen molar-refractivity contribution in [3.8, 4) is 0 Å². The zero-order valence-electron chi connectivity index (χ0n) is 13.0. The van der Waals surface area contributed by atoms with Crippen molar-refractivity contribution in [3.63, 3.8) is 0 Å². The lowest BCUT2D eigenvalue weighted by Crippen LogP contribution is -2.46. The summed E-state index contributed by atoms with van der Waals surface area (Å²) in [5.41, 5.74) is 0.901. The Hall–Kier alpha value is -1.91. The summed E-state index contributed by atoms with van der Waals surface area (Å²) in [6.45, 7) is 0. The standard InChI is InChI=1S/C18H22FNO3/c19-13-7-5-12(6-8-13)16(11-3-1-2-4-11)20-17(21)14-9-10-15(14)18(22)23/h5-8,11,14-16H,1-4,9-10H2,(H,20,21)(H,22,23). The van der Waals surface area contributed by atoms with E-state index in [0.29, 0.717) is 18.8 Å². The predicted octanol–water partition coefficient (Wildman–Crippen LogP) is 3.28. The average Bonchev–Trinajstić information content (AvgIpc) is 2.98. The van der Waals surface area contributed by atoms with Crippen molar-refractivity contribution >= 4 is 11.9 Å². The molecule has 5 heteroatoms. The summed E-state index contributed by atoms with van der Waals surface area (Å²) in [6.07, 6.45) is 5.55. The van der Waals surface area contributed by atoms with Gasteiger partial charge in [0, 0.05) is 0 Å². The van der Waals surface area contributed by atoms with Crippen LogP contribution < -0.4 is 5.32 Å². The highest BCUT2D eigenvalue weighted by Crippen LogP contribution is 2.38. The van der Waals surface area contributed by atoms with Gasteiger partial charge >= 0.3 is 5.97 Å². The van der Waals surface area contributed by atoms with Crippen LogP contribution in [0.4, 0.5) is 4.39 Å². The number of rotatable bonds is 5. The van der Waals surface area contributed by atoms with Crippen molar-refractivity contribution < 1.29 is 19.1 Å². The minimum atomic E-state index is -0.893. The normalized spacial score (nSPS) is 25.6. The predicted molar refractivity (Wildman–Crippen MR) is 83.1 cm³/mol. The molecule has 1 aromatic carbocycles. The number of amides is 1. The molecule has 124 valence electrons. The maximum absolute atomic E-state index is 13.2. The van der Waals surface area contributed by atoms with E-state index in [1.807, 2.05) is 0 Å². The lowest BCUT2D eigenvalue weighted by Gasteiger charge is -2.34. The zero-order chi connectivity index (χ0) is 16.4. The number of carbonyl (C=O) groups is 2. The Balaban J connectivity index is 1.74. The minimum Gasteiger partial charge on any atom is -0.481 e. The Labute approximate surface area is 135 Å². The minimum absolute atomic E-state index is 0.152. The lowest BCUT2D eigenvalue weighted by molar-refractivity contribution is -0.153. The van der Waals surface area contributed by atoms with Crippen molar-refractivity contribution in [2.45, 2.75) is 44.6 Å². The van der Waals surface area contributed by atoms with Crippen molar-refractivity contribution in [3.05, 3.63) is 35.6 Å². The fraction of sp³-hybridized carbons (Fsp3) is 0.556. The van der Waals surface area contributed by atoms with Crippen LogP contribution in [0.3, 0.4) is 0 Å². The number of hydrogen-bond acceptors (Lipinski definition) is 2. The first kappa shape index (κ1) is 16.0. The van der Waals surface area contributed by atoms with E-state index in [9.17, 15) is 14.0 Å². The van der Waals surface area contributed by atoms with E-state index in [4.69, 9.17) is 5.11 Å². The molecule has 0 saturated heterocycles. The molecule has 4 nitrogen and oxygen atoms in total. The van der Waals surface area contributed by atoms with Crippen LogP contribution in [-0.4, -0.2) is 17.0 Å². The molecule has 2 fully saturated rings. The number of aliphatic carboxylic acids is 1. The van der Waals surface area contributed by atoms with E-state index < -0.39 is 17.8 Å². The van der Waals surface area contributed by atoms with Crippen molar-refractivity contribution in [1.82, 2.24) is 5.32 Å². The van der Waals surface area contributed by atoms with Gasteiger partial charge in [0.1, 0.15) is 5.82 Å². The molecule has 3 unspecified atom stereocenters. The summed E-state index contributed by atoms with van der Waals surface area (Å²) < 4.78 is 13.2. The molecule has 2 aliphatic rings. The first-order valence-electron chi connectivity index (χ1n) is 8.35. The Morgan fingerprint density at radius 3 is 2.17 bits per heavy atom. The summed E-state index contributed by atoms with van der Waals surface area (Å²) in [6, 6.07) is 6.10. The highest BCUT2D eigenvalue weighted by Gasteiger charge is 2.42. The highest BCUT2D eigenvalue weighted by atomic mass is 19.1. The molecule has 2 saturated carbocycles. The third kappa shape index (κ3) is 3.38. The van der Waals surface area contributed by atoms with Gasteiger partial charge in [-0.3, -0.25) is 9.59 Å². The summed E-state index contributed by atoms with van der Waals surface area (Å²) in [5.74, 6) is -2.02. The molecule has 0 radical (unpaired) electrons. The van der Waals surface area contributed by atoms with Gasteiger partial charge < -0.3 is 10.4 Å². The Bertz CT molecular complexity index is 580. The van der Waals surface area contributed by atoms with Gasteiger partial charge in [0.05, 0.1) is 17.9 Å². The number of benzene rings is 1. The second-order valence-corrected chi connectivity index (χ2v) is 6.71. The Morgan fingerprint density at radius 1 is 1.04 bits per heavy atom. The van der Waals surface area contributed by atoms with Crippen LogP contribution in [0.15, 0.2) is 24.3 Å². The number of carboxylic acid groups (broad SMARTS) is 1. The summed E-state index contributed by atoms with van der Waals surface area (Å²) in [5, 5.41) is 12.2. The fourth-order valence-corrected chi connectivity index (χ4v) is 3.80. The van der Waals surface area contributed by atoms with E-state index in [1.165, 1.54) is 12.1 Å². The number of carbonyl (C=O) groups excluding carboxylic acids is 1. The zero-order valence-corrected chi connectivity index (χ0v) is 13.0. The van der Waals surface area contributed by atoms with E-state index in [2.05, 4.69) is 5.32 Å². The van der Waals surface area contributed by atoms with Gasteiger partial charge in [0.25, 0.3) is 0 Å². The quantitative estimate of drug-likeness (QED) is 0.875. The van der Waals surface area contributed by atoms with Gasteiger partial charge in [-0.15, -0.1) is 0 Å². The molecule has 23 heavy (non-hydrogen) atoms. The molecule has 0 bridgehead atoms. The number of carboxylic acids is 1. The lowest BCUT2D eigenvalue weighted by atomic mass is 9.73. The first-order valence-corrected chi connectivity index (χ1v) is 8.35. The summed E-state index contributed by atoms with van der Waals surface area (Å²) >= 11 is 0. The average molecular weight is 319 g/mol. The molecule has 3 atom stereocenters. The van der Waals surface area contributed by atoms with Gasteiger partial charge in [0.15, 0.2) is 0 Å². The molecule has 0 heterocycles. The smallest absolute Gasteiger partial charge is 0.307 e. The Morgan fingerprint density at radius 2 is 1.65 bits per heavy atom. The molecule has 2 aliphatic carbocycles. The molecular weight excluding hydrogens is 297 g/mol. The third-order valence-corrected chi connectivity index (χ3v) is 5.33. The highest BCUT2D eigenvalue weighted by molar-refractivity contribution is 5.86. The number of nitrogens with one attached hydrogen (secondary N) is 1. The molecule has 1 amide bonds. The monoisotopic (exact) mass is 319 g/mol. The number of hydrogen-bond donors (Lipinski definition) is 2. The van der Waals surface area contributed by atoms with Crippen LogP contribution >= 0.6 is 0 Å². The molecule has 0 aliphatic heterocycles. The fourth-order valence-electron chi connectivity index (χ4n) is 3.80. The SMILES string of the molecule is O=C(O)C1CCC1C(=O)NC(c1ccc(F)cc1)C1CCCC1. The van der Waals surface area contributed by atoms with Crippen LogP contribution in [0.5, 0.6) is 0 Å². The van der Waals surface area contributed by atoms with Crippen LogP contribution in [0.2, 0.25) is 0 Å². The maximum Gasteiger partial charge on any atom is 0.307 e. The van der Waals surface area contributed by atoms with Crippen molar-refractivity contribution in [2.75, 3.05) is 0 Å². The van der Waals surface area contributed by atoms with Gasteiger partial charge in [-0.25, -0.2) is 4.39 Å². The van der Waals surface area contributed by atoms with Gasteiger partial charge in [-0.1, -0.05) is 25.0 Å². The van der Waals surface area contributed by atoms with Crippen LogP contribution in [0, 0.1) is 23.6 Å². The Kier molecular flexibility index (Phi) is 4.64. The molecule has 1 aromatic rings. The van der Waals surface area contributed by atoms with Gasteiger partial charge in [-0.2, -0.15) is 0 Å².